The van der Waals surface area contributed by atoms with E-state index in [0.717, 1.165) is 5.92 Å². The van der Waals surface area contributed by atoms with Crippen LogP contribution in [0.5, 0.6) is 0 Å². The van der Waals surface area contributed by atoms with Gasteiger partial charge in [-0.05, 0) is 32.6 Å². The molecule has 0 amide bonds. The van der Waals surface area contributed by atoms with Crippen LogP contribution in [0.15, 0.2) is 11.9 Å². The summed E-state index contributed by atoms with van der Waals surface area (Å²) in [6.07, 6.45) is 4.63. The second-order valence-corrected chi connectivity index (χ2v) is 4.50. The second-order valence-electron chi connectivity index (χ2n) is 4.50. The average molecular weight is 182 g/mol. The molecule has 0 aromatic carbocycles. The van der Waals surface area contributed by atoms with Crippen LogP contribution in [0.2, 0.25) is 0 Å². The monoisotopic (exact) mass is 182 g/mol. The predicted molar refractivity (Wildman–Crippen MR) is 57.4 cm³/mol. The highest BCUT2D eigenvalue weighted by Crippen LogP contribution is 2.13. The summed E-state index contributed by atoms with van der Waals surface area (Å²) in [4.78, 5) is 0. The van der Waals surface area contributed by atoms with E-state index in [0.29, 0.717) is 12.1 Å². The first-order valence-corrected chi connectivity index (χ1v) is 5.29. The molecule has 13 heavy (non-hydrogen) atoms. The van der Waals surface area contributed by atoms with Crippen molar-refractivity contribution in [2.45, 2.75) is 52.6 Å². The van der Waals surface area contributed by atoms with Crippen molar-refractivity contribution in [1.29, 1.82) is 0 Å². The SMILES string of the molecule is CC1=CNC(C)C(CCC(C)C)N1. The van der Waals surface area contributed by atoms with Gasteiger partial charge in [-0.15, -0.1) is 0 Å². The minimum Gasteiger partial charge on any atom is -0.385 e. The molecule has 0 saturated heterocycles. The predicted octanol–water partition coefficient (Wildman–Crippen LogP) is 2.23. The molecule has 76 valence electrons. The molecule has 1 heterocycles. The van der Waals surface area contributed by atoms with Crippen LogP contribution in [0.25, 0.3) is 0 Å². The fraction of sp³-hybridized carbons (Fsp3) is 0.818. The van der Waals surface area contributed by atoms with Crippen LogP contribution < -0.4 is 10.6 Å². The molecule has 0 aliphatic carbocycles. The summed E-state index contributed by atoms with van der Waals surface area (Å²) in [6.45, 7) is 8.91. The first-order chi connectivity index (χ1) is 6.09. The molecule has 2 N–H and O–H groups in total. The van der Waals surface area contributed by atoms with E-state index in [1.165, 1.54) is 18.5 Å². The van der Waals surface area contributed by atoms with E-state index < -0.39 is 0 Å². The molecular formula is C11H22N2. The van der Waals surface area contributed by atoms with Crippen molar-refractivity contribution in [1.82, 2.24) is 10.6 Å². The smallest absolute Gasteiger partial charge is 0.0457 e. The highest BCUT2D eigenvalue weighted by Gasteiger charge is 2.19. The van der Waals surface area contributed by atoms with Gasteiger partial charge in [-0.2, -0.15) is 0 Å². The fourth-order valence-electron chi connectivity index (χ4n) is 1.67. The molecule has 0 saturated carbocycles. The zero-order valence-electron chi connectivity index (χ0n) is 9.22. The van der Waals surface area contributed by atoms with Crippen molar-refractivity contribution in [3.05, 3.63) is 11.9 Å². The van der Waals surface area contributed by atoms with E-state index >= 15 is 0 Å². The summed E-state index contributed by atoms with van der Waals surface area (Å²) < 4.78 is 0. The van der Waals surface area contributed by atoms with E-state index in [1.807, 2.05) is 0 Å². The Kier molecular flexibility index (Phi) is 3.64. The zero-order chi connectivity index (χ0) is 9.84. The number of hydrogen-bond acceptors (Lipinski definition) is 2. The lowest BCUT2D eigenvalue weighted by atomic mass is 9.97. The number of hydrogen-bond donors (Lipinski definition) is 2. The Hall–Kier alpha value is -0.660. The number of rotatable bonds is 3. The van der Waals surface area contributed by atoms with E-state index in [1.54, 1.807) is 0 Å². The lowest BCUT2D eigenvalue weighted by Gasteiger charge is -2.31. The molecule has 2 unspecified atom stereocenters. The van der Waals surface area contributed by atoms with Crippen LogP contribution in [0.3, 0.4) is 0 Å². The Balaban J connectivity index is 2.36. The molecule has 0 aromatic heterocycles. The second kappa shape index (κ2) is 4.54. The molecule has 1 rings (SSSR count). The topological polar surface area (TPSA) is 24.1 Å². The van der Waals surface area contributed by atoms with Crippen LogP contribution >= 0.6 is 0 Å². The van der Waals surface area contributed by atoms with Crippen LogP contribution in [0, 0.1) is 5.92 Å². The van der Waals surface area contributed by atoms with Gasteiger partial charge >= 0.3 is 0 Å². The molecular weight excluding hydrogens is 160 g/mol. The van der Waals surface area contributed by atoms with E-state index in [-0.39, 0.29) is 0 Å². The molecule has 2 atom stereocenters. The summed E-state index contributed by atoms with van der Waals surface area (Å²) in [7, 11) is 0. The van der Waals surface area contributed by atoms with Gasteiger partial charge in [0.05, 0.1) is 0 Å². The van der Waals surface area contributed by atoms with Crippen LogP contribution in [-0.4, -0.2) is 12.1 Å². The third kappa shape index (κ3) is 3.29. The van der Waals surface area contributed by atoms with Crippen molar-refractivity contribution in [2.24, 2.45) is 5.92 Å². The Morgan fingerprint density at radius 1 is 1.46 bits per heavy atom. The molecule has 0 aromatic rings. The molecule has 1 aliphatic rings. The van der Waals surface area contributed by atoms with E-state index in [4.69, 9.17) is 0 Å². The third-order valence-electron chi connectivity index (χ3n) is 2.63. The number of allylic oxidation sites excluding steroid dienone is 1. The quantitative estimate of drug-likeness (QED) is 0.699. The molecule has 2 nitrogen and oxygen atoms in total. The zero-order valence-corrected chi connectivity index (χ0v) is 9.22. The molecule has 0 fully saturated rings. The highest BCUT2D eigenvalue weighted by molar-refractivity contribution is 5.04. The number of nitrogens with one attached hydrogen (secondary N) is 2. The third-order valence-corrected chi connectivity index (χ3v) is 2.63. The van der Waals surface area contributed by atoms with Gasteiger partial charge in [0.25, 0.3) is 0 Å². The molecule has 1 aliphatic heterocycles. The standard InChI is InChI=1S/C11H22N2/c1-8(2)5-6-11-10(4)12-7-9(3)13-11/h7-8,10-13H,5-6H2,1-4H3. The average Bonchev–Trinajstić information content (AvgIpc) is 2.06. The van der Waals surface area contributed by atoms with Gasteiger partial charge in [-0.3, -0.25) is 0 Å². The molecule has 2 heteroatoms. The van der Waals surface area contributed by atoms with Gasteiger partial charge in [0.15, 0.2) is 0 Å². The minimum atomic E-state index is 0.558. The summed E-state index contributed by atoms with van der Waals surface area (Å²) in [5.41, 5.74) is 1.26. The van der Waals surface area contributed by atoms with Crippen LogP contribution in [0.1, 0.15) is 40.5 Å². The summed E-state index contributed by atoms with van der Waals surface area (Å²) in [5, 5.41) is 6.90. The molecule has 0 radical (unpaired) electrons. The van der Waals surface area contributed by atoms with Gasteiger partial charge in [0.1, 0.15) is 0 Å². The lowest BCUT2D eigenvalue weighted by Crippen LogP contribution is -2.48. The van der Waals surface area contributed by atoms with Gasteiger partial charge in [0, 0.05) is 24.0 Å². The van der Waals surface area contributed by atoms with Gasteiger partial charge in [-0.25, -0.2) is 0 Å². The maximum atomic E-state index is 3.52. The van der Waals surface area contributed by atoms with Gasteiger partial charge < -0.3 is 10.6 Å². The largest absolute Gasteiger partial charge is 0.385 e. The lowest BCUT2D eigenvalue weighted by molar-refractivity contribution is 0.369. The van der Waals surface area contributed by atoms with E-state index in [2.05, 4.69) is 44.5 Å². The maximum absolute atomic E-state index is 3.52. The first kappa shape index (κ1) is 10.4. The van der Waals surface area contributed by atoms with Crippen molar-refractivity contribution in [3.63, 3.8) is 0 Å². The van der Waals surface area contributed by atoms with Crippen molar-refractivity contribution in [2.75, 3.05) is 0 Å². The van der Waals surface area contributed by atoms with Crippen LogP contribution in [-0.2, 0) is 0 Å². The fourth-order valence-corrected chi connectivity index (χ4v) is 1.67. The maximum Gasteiger partial charge on any atom is 0.0457 e. The highest BCUT2D eigenvalue weighted by atomic mass is 15.1. The van der Waals surface area contributed by atoms with Crippen molar-refractivity contribution >= 4 is 0 Å². The first-order valence-electron chi connectivity index (χ1n) is 5.29. The van der Waals surface area contributed by atoms with Crippen molar-refractivity contribution in [3.8, 4) is 0 Å². The van der Waals surface area contributed by atoms with E-state index in [9.17, 15) is 0 Å². The van der Waals surface area contributed by atoms with Gasteiger partial charge in [0.2, 0.25) is 0 Å². The molecule has 0 bridgehead atoms. The summed E-state index contributed by atoms with van der Waals surface area (Å²) in [6, 6.07) is 1.16. The Morgan fingerprint density at radius 2 is 2.15 bits per heavy atom. The molecule has 0 spiro atoms. The Labute approximate surface area is 81.8 Å². The Morgan fingerprint density at radius 3 is 2.77 bits per heavy atom. The van der Waals surface area contributed by atoms with Crippen molar-refractivity contribution < 1.29 is 0 Å². The normalized spacial score (nSPS) is 27.9. The van der Waals surface area contributed by atoms with Gasteiger partial charge in [-0.1, -0.05) is 13.8 Å². The Bertz CT molecular complexity index is 185. The summed E-state index contributed by atoms with van der Waals surface area (Å²) >= 11 is 0. The minimum absolute atomic E-state index is 0.558. The summed E-state index contributed by atoms with van der Waals surface area (Å²) in [5.74, 6) is 0.806. The van der Waals surface area contributed by atoms with Crippen LogP contribution in [0.4, 0.5) is 0 Å².